The molecule has 0 radical (unpaired) electrons. The lowest BCUT2D eigenvalue weighted by atomic mass is 10.1. The van der Waals surface area contributed by atoms with Gasteiger partial charge in [-0.2, -0.15) is 0 Å². The molecule has 0 bridgehead atoms. The summed E-state index contributed by atoms with van der Waals surface area (Å²) in [4.78, 5) is 8.41. The van der Waals surface area contributed by atoms with Crippen LogP contribution in [0.5, 0.6) is 0 Å². The van der Waals surface area contributed by atoms with Gasteiger partial charge in [0.25, 0.3) is 0 Å². The van der Waals surface area contributed by atoms with Crippen LogP contribution in [-0.4, -0.2) is 41.0 Å². The molecular formula is C20H22ClN3. The molecule has 2 aromatic carbocycles. The van der Waals surface area contributed by atoms with E-state index in [0.717, 1.165) is 44.3 Å². The number of para-hydroxylation sites is 1. The zero-order chi connectivity index (χ0) is 16.4. The van der Waals surface area contributed by atoms with E-state index in [0.29, 0.717) is 0 Å². The third kappa shape index (κ3) is 3.34. The summed E-state index contributed by atoms with van der Waals surface area (Å²) in [7, 11) is 0. The summed E-state index contributed by atoms with van der Waals surface area (Å²) in [5.74, 6) is 0. The number of piperazine rings is 1. The molecule has 1 saturated heterocycles. The zero-order valence-corrected chi connectivity index (χ0v) is 14.5. The molecule has 4 heteroatoms. The monoisotopic (exact) mass is 339 g/mol. The van der Waals surface area contributed by atoms with E-state index < -0.39 is 0 Å². The predicted octanol–water partition coefficient (Wildman–Crippen LogP) is 4.14. The van der Waals surface area contributed by atoms with Crippen LogP contribution in [0.4, 0.5) is 0 Å². The van der Waals surface area contributed by atoms with E-state index in [1.807, 2.05) is 12.1 Å². The van der Waals surface area contributed by atoms with Gasteiger partial charge >= 0.3 is 0 Å². The van der Waals surface area contributed by atoms with Crippen molar-refractivity contribution in [1.29, 1.82) is 0 Å². The van der Waals surface area contributed by atoms with Gasteiger partial charge in [0.05, 0.1) is 0 Å². The normalized spacial score (nSPS) is 16.7. The molecule has 1 fully saturated rings. The number of hydrogen-bond donors (Lipinski definition) is 1. The fraction of sp³-hybridized carbons (Fsp3) is 0.300. The van der Waals surface area contributed by atoms with Gasteiger partial charge < -0.3 is 4.98 Å². The van der Waals surface area contributed by atoms with Gasteiger partial charge in [-0.25, -0.2) is 0 Å². The second-order valence-corrected chi connectivity index (χ2v) is 6.91. The van der Waals surface area contributed by atoms with Crippen LogP contribution in [0.15, 0.2) is 54.7 Å². The molecule has 0 amide bonds. The van der Waals surface area contributed by atoms with E-state index in [4.69, 9.17) is 11.6 Å². The van der Waals surface area contributed by atoms with Gasteiger partial charge in [-0.3, -0.25) is 9.80 Å². The molecule has 124 valence electrons. The van der Waals surface area contributed by atoms with Gasteiger partial charge in [0.1, 0.15) is 0 Å². The number of nitrogens with zero attached hydrogens (tertiary/aromatic N) is 2. The van der Waals surface area contributed by atoms with Crippen LogP contribution in [0.25, 0.3) is 10.9 Å². The van der Waals surface area contributed by atoms with Crippen molar-refractivity contribution >= 4 is 22.5 Å². The first-order valence-corrected chi connectivity index (χ1v) is 8.90. The van der Waals surface area contributed by atoms with Crippen molar-refractivity contribution in [3.8, 4) is 0 Å². The average Bonchev–Trinajstić information content (AvgIpc) is 3.02. The van der Waals surface area contributed by atoms with Crippen LogP contribution < -0.4 is 0 Å². The maximum Gasteiger partial charge on any atom is 0.0457 e. The molecule has 0 spiro atoms. The number of nitrogens with one attached hydrogen (secondary N) is 1. The summed E-state index contributed by atoms with van der Waals surface area (Å²) in [6.45, 7) is 6.35. The first-order valence-electron chi connectivity index (χ1n) is 8.53. The number of halogens is 1. The predicted molar refractivity (Wildman–Crippen MR) is 100 cm³/mol. The number of H-pyrrole nitrogens is 1. The number of rotatable bonds is 4. The first-order chi connectivity index (χ1) is 11.8. The highest BCUT2D eigenvalue weighted by Gasteiger charge is 2.18. The maximum atomic E-state index is 6.28. The maximum absolute atomic E-state index is 6.28. The molecule has 3 nitrogen and oxygen atoms in total. The highest BCUT2D eigenvalue weighted by Crippen LogP contribution is 2.21. The first kappa shape index (κ1) is 15.7. The summed E-state index contributed by atoms with van der Waals surface area (Å²) >= 11 is 6.28. The van der Waals surface area contributed by atoms with Gasteiger partial charge in [-0.05, 0) is 23.3 Å². The number of benzene rings is 2. The Morgan fingerprint density at radius 1 is 0.792 bits per heavy atom. The van der Waals surface area contributed by atoms with Crippen molar-refractivity contribution in [2.75, 3.05) is 26.2 Å². The smallest absolute Gasteiger partial charge is 0.0457 e. The van der Waals surface area contributed by atoms with Crippen LogP contribution >= 0.6 is 11.6 Å². The molecule has 1 aromatic heterocycles. The molecule has 1 N–H and O–H groups in total. The summed E-state index contributed by atoms with van der Waals surface area (Å²) in [6, 6.07) is 16.7. The van der Waals surface area contributed by atoms with Crippen molar-refractivity contribution in [2.45, 2.75) is 13.1 Å². The lowest BCUT2D eigenvalue weighted by Gasteiger charge is -2.34. The molecule has 4 rings (SSSR count). The quantitative estimate of drug-likeness (QED) is 0.771. The van der Waals surface area contributed by atoms with Gasteiger partial charge in [0.15, 0.2) is 0 Å². The van der Waals surface area contributed by atoms with E-state index in [2.05, 4.69) is 57.4 Å². The Hall–Kier alpha value is -1.81. The van der Waals surface area contributed by atoms with Crippen molar-refractivity contribution in [2.24, 2.45) is 0 Å². The standard InChI is InChI=1S/C20H22ClN3/c21-19-7-3-1-5-16(19)14-23-9-11-24(12-10-23)15-17-13-22-20-8-4-2-6-18(17)20/h1-8,13,22H,9-12,14-15H2. The van der Waals surface area contributed by atoms with Gasteiger partial charge in [-0.1, -0.05) is 48.0 Å². The van der Waals surface area contributed by atoms with E-state index in [9.17, 15) is 0 Å². The Morgan fingerprint density at radius 3 is 2.17 bits per heavy atom. The molecule has 24 heavy (non-hydrogen) atoms. The Kier molecular flexibility index (Phi) is 4.56. The summed E-state index contributed by atoms with van der Waals surface area (Å²) in [5.41, 5.74) is 3.85. The van der Waals surface area contributed by atoms with Crippen LogP contribution in [-0.2, 0) is 13.1 Å². The second-order valence-electron chi connectivity index (χ2n) is 6.50. The Balaban J connectivity index is 1.35. The van der Waals surface area contributed by atoms with E-state index >= 15 is 0 Å². The van der Waals surface area contributed by atoms with Crippen LogP contribution in [0.3, 0.4) is 0 Å². The highest BCUT2D eigenvalue weighted by molar-refractivity contribution is 6.31. The molecule has 0 atom stereocenters. The Bertz CT molecular complexity index is 818. The van der Waals surface area contributed by atoms with E-state index in [1.54, 1.807) is 0 Å². The minimum atomic E-state index is 0.874. The third-order valence-corrected chi connectivity index (χ3v) is 5.25. The van der Waals surface area contributed by atoms with Crippen LogP contribution in [0.2, 0.25) is 5.02 Å². The third-order valence-electron chi connectivity index (χ3n) is 4.89. The SMILES string of the molecule is Clc1ccccc1CN1CCN(Cc2c[nH]c3ccccc23)CC1. The van der Waals surface area contributed by atoms with Crippen molar-refractivity contribution in [1.82, 2.24) is 14.8 Å². The summed E-state index contributed by atoms with van der Waals surface area (Å²) in [5, 5.41) is 2.22. The molecular weight excluding hydrogens is 318 g/mol. The summed E-state index contributed by atoms with van der Waals surface area (Å²) in [6.07, 6.45) is 2.15. The molecule has 1 aliphatic heterocycles. The lowest BCUT2D eigenvalue weighted by Crippen LogP contribution is -2.45. The van der Waals surface area contributed by atoms with Crippen molar-refractivity contribution < 1.29 is 0 Å². The van der Waals surface area contributed by atoms with Crippen molar-refractivity contribution in [3.63, 3.8) is 0 Å². The van der Waals surface area contributed by atoms with E-state index in [-0.39, 0.29) is 0 Å². The highest BCUT2D eigenvalue weighted by atomic mass is 35.5. The molecule has 0 unspecified atom stereocenters. The van der Waals surface area contributed by atoms with E-state index in [1.165, 1.54) is 22.0 Å². The second kappa shape index (κ2) is 6.98. The molecule has 2 heterocycles. The largest absolute Gasteiger partial charge is 0.361 e. The summed E-state index contributed by atoms with van der Waals surface area (Å²) < 4.78 is 0. The topological polar surface area (TPSA) is 22.3 Å². The molecule has 0 saturated carbocycles. The average molecular weight is 340 g/mol. The fourth-order valence-corrected chi connectivity index (χ4v) is 3.67. The Labute approximate surface area is 147 Å². The molecule has 1 aliphatic rings. The fourth-order valence-electron chi connectivity index (χ4n) is 3.48. The van der Waals surface area contributed by atoms with Gasteiger partial charge in [0.2, 0.25) is 0 Å². The zero-order valence-electron chi connectivity index (χ0n) is 13.7. The van der Waals surface area contributed by atoms with Gasteiger partial charge in [0, 0.05) is 61.4 Å². The minimum absolute atomic E-state index is 0.874. The molecule has 0 aliphatic carbocycles. The molecule has 3 aromatic rings. The minimum Gasteiger partial charge on any atom is -0.361 e. The van der Waals surface area contributed by atoms with Crippen LogP contribution in [0.1, 0.15) is 11.1 Å². The van der Waals surface area contributed by atoms with Crippen molar-refractivity contribution in [3.05, 3.63) is 70.9 Å². The van der Waals surface area contributed by atoms with Crippen LogP contribution in [0, 0.1) is 0 Å². The lowest BCUT2D eigenvalue weighted by molar-refractivity contribution is 0.122. The number of aromatic amines is 1. The number of fused-ring (bicyclic) bond motifs is 1. The number of aromatic nitrogens is 1. The van der Waals surface area contributed by atoms with Gasteiger partial charge in [-0.15, -0.1) is 0 Å². The number of hydrogen-bond acceptors (Lipinski definition) is 2. The Morgan fingerprint density at radius 2 is 1.42 bits per heavy atom.